The number of hydrogen-bond acceptors (Lipinski definition) is 6. The first-order valence-corrected chi connectivity index (χ1v) is 9.01. The highest BCUT2D eigenvalue weighted by molar-refractivity contribution is 5.68. The number of carbonyl (C=O) groups excluding carboxylic acids is 1. The van der Waals surface area contributed by atoms with Crippen LogP contribution in [-0.4, -0.2) is 45.9 Å². The number of rotatable bonds is 6. The molecule has 1 saturated carbocycles. The van der Waals surface area contributed by atoms with Crippen LogP contribution >= 0.6 is 0 Å². The largest absolute Gasteiger partial charge is 0.444 e. The van der Waals surface area contributed by atoms with Crippen molar-refractivity contribution in [1.82, 2.24) is 15.0 Å². The van der Waals surface area contributed by atoms with E-state index in [-0.39, 0.29) is 25.3 Å². The Morgan fingerprint density at radius 3 is 2.81 bits per heavy atom. The van der Waals surface area contributed by atoms with E-state index in [1.807, 2.05) is 19.1 Å². The number of nitrogens with zero attached hydrogens (tertiary/aromatic N) is 3. The first-order valence-electron chi connectivity index (χ1n) is 9.01. The van der Waals surface area contributed by atoms with E-state index in [4.69, 9.17) is 14.4 Å². The minimum atomic E-state index is -0.324. The third kappa shape index (κ3) is 4.04. The van der Waals surface area contributed by atoms with Crippen LogP contribution in [0.1, 0.15) is 42.5 Å². The number of aliphatic hydroxyl groups is 1. The van der Waals surface area contributed by atoms with Gasteiger partial charge in [0.2, 0.25) is 0 Å². The molecule has 0 spiro atoms. The Kier molecular flexibility index (Phi) is 5.88. The molecule has 0 unspecified atom stereocenters. The zero-order valence-electron chi connectivity index (χ0n) is 15.3. The van der Waals surface area contributed by atoms with Gasteiger partial charge in [-0.05, 0) is 37.8 Å². The van der Waals surface area contributed by atoms with Crippen molar-refractivity contribution in [3.63, 3.8) is 0 Å². The van der Waals surface area contributed by atoms with E-state index >= 15 is 0 Å². The van der Waals surface area contributed by atoms with Crippen molar-refractivity contribution >= 4 is 6.09 Å². The molecular weight excluding hydrogens is 334 g/mol. The highest BCUT2D eigenvalue weighted by Gasteiger charge is 2.25. The zero-order chi connectivity index (χ0) is 18.5. The molecule has 0 aromatic carbocycles. The Balaban J connectivity index is 1.68. The molecule has 7 nitrogen and oxygen atoms in total. The van der Waals surface area contributed by atoms with Crippen molar-refractivity contribution in [1.29, 1.82) is 0 Å². The van der Waals surface area contributed by atoms with Gasteiger partial charge in [-0.15, -0.1) is 0 Å². The lowest BCUT2D eigenvalue weighted by Gasteiger charge is -2.23. The molecule has 0 aliphatic heterocycles. The molecule has 0 bridgehead atoms. The van der Waals surface area contributed by atoms with Crippen LogP contribution in [0.5, 0.6) is 0 Å². The summed E-state index contributed by atoms with van der Waals surface area (Å²) in [5, 5.41) is 13.0. The number of aryl methyl sites for hydroxylation is 1. The summed E-state index contributed by atoms with van der Waals surface area (Å²) in [6, 6.07) is 3.98. The fraction of sp³-hybridized carbons (Fsp3) is 0.526. The molecule has 0 saturated heterocycles. The minimum Gasteiger partial charge on any atom is -0.444 e. The zero-order valence-corrected chi connectivity index (χ0v) is 15.3. The second kappa shape index (κ2) is 8.31. The summed E-state index contributed by atoms with van der Waals surface area (Å²) in [6.45, 7) is 2.00. The maximum atomic E-state index is 12.3. The molecule has 0 radical (unpaired) electrons. The van der Waals surface area contributed by atoms with Crippen LogP contribution in [0.25, 0.3) is 11.5 Å². The van der Waals surface area contributed by atoms with Crippen LogP contribution in [0, 0.1) is 6.92 Å². The summed E-state index contributed by atoms with van der Waals surface area (Å²) in [7, 11) is 1.79. The van der Waals surface area contributed by atoms with Gasteiger partial charge in [0.1, 0.15) is 12.3 Å². The van der Waals surface area contributed by atoms with E-state index in [1.54, 1.807) is 18.1 Å². The molecule has 2 aromatic heterocycles. The van der Waals surface area contributed by atoms with Crippen molar-refractivity contribution in [3.05, 3.63) is 35.2 Å². The van der Waals surface area contributed by atoms with E-state index in [0.717, 1.165) is 36.8 Å². The Bertz CT molecular complexity index is 736. The van der Waals surface area contributed by atoms with Gasteiger partial charge in [-0.1, -0.05) is 24.1 Å². The van der Waals surface area contributed by atoms with E-state index in [1.165, 1.54) is 0 Å². The van der Waals surface area contributed by atoms with Gasteiger partial charge in [0.05, 0.1) is 11.3 Å². The summed E-state index contributed by atoms with van der Waals surface area (Å²) in [6.07, 6.45) is 6.33. The topological polar surface area (TPSA) is 88.7 Å². The van der Waals surface area contributed by atoms with Gasteiger partial charge in [0.25, 0.3) is 0 Å². The fourth-order valence-corrected chi connectivity index (χ4v) is 3.27. The van der Waals surface area contributed by atoms with E-state index in [9.17, 15) is 4.79 Å². The maximum absolute atomic E-state index is 12.3. The van der Waals surface area contributed by atoms with Gasteiger partial charge in [-0.25, -0.2) is 4.79 Å². The first-order chi connectivity index (χ1) is 12.6. The van der Waals surface area contributed by atoms with Gasteiger partial charge in [-0.3, -0.25) is 4.98 Å². The molecule has 1 aliphatic carbocycles. The molecule has 1 aliphatic rings. The van der Waals surface area contributed by atoms with Crippen LogP contribution in [0.2, 0.25) is 0 Å². The van der Waals surface area contributed by atoms with Gasteiger partial charge < -0.3 is 19.3 Å². The highest BCUT2D eigenvalue weighted by Crippen LogP contribution is 2.27. The average molecular weight is 359 g/mol. The van der Waals surface area contributed by atoms with Gasteiger partial charge in [-0.2, -0.15) is 0 Å². The number of amides is 1. The first kappa shape index (κ1) is 18.4. The monoisotopic (exact) mass is 359 g/mol. The van der Waals surface area contributed by atoms with E-state index in [2.05, 4.69) is 10.1 Å². The summed E-state index contributed by atoms with van der Waals surface area (Å²) < 4.78 is 10.9. The maximum Gasteiger partial charge on any atom is 0.410 e. The SMILES string of the molecule is Cc1noc(-c2ccc(CCO)cn2)c1COC(=O)N(C)C1CCCC1. The number of hydrogen-bond donors (Lipinski definition) is 1. The van der Waals surface area contributed by atoms with Crippen LogP contribution in [0.15, 0.2) is 22.9 Å². The van der Waals surface area contributed by atoms with Crippen molar-refractivity contribution in [2.45, 2.75) is 51.7 Å². The lowest BCUT2D eigenvalue weighted by Crippen LogP contribution is -2.35. The Morgan fingerprint density at radius 1 is 1.38 bits per heavy atom. The van der Waals surface area contributed by atoms with Crippen molar-refractivity contribution in [3.8, 4) is 11.5 Å². The molecule has 140 valence electrons. The lowest BCUT2D eigenvalue weighted by atomic mass is 10.1. The number of ether oxygens (including phenoxy) is 1. The fourth-order valence-electron chi connectivity index (χ4n) is 3.27. The standard InChI is InChI=1S/C19H25N3O4/c1-13-16(12-25-19(24)22(2)15-5-3-4-6-15)18(26-21-13)17-8-7-14(9-10-23)11-20-17/h7-8,11,15,23H,3-6,9-10,12H2,1-2H3. The summed E-state index contributed by atoms with van der Waals surface area (Å²) in [5.41, 5.74) is 2.97. The quantitative estimate of drug-likeness (QED) is 0.852. The van der Waals surface area contributed by atoms with Gasteiger partial charge in [0.15, 0.2) is 5.76 Å². The number of pyridine rings is 1. The number of aliphatic hydroxyl groups excluding tert-OH is 1. The van der Waals surface area contributed by atoms with Crippen LogP contribution in [0.4, 0.5) is 4.79 Å². The summed E-state index contributed by atoms with van der Waals surface area (Å²) >= 11 is 0. The Hall–Kier alpha value is -2.41. The second-order valence-electron chi connectivity index (χ2n) is 6.70. The normalized spacial score (nSPS) is 14.6. The second-order valence-corrected chi connectivity index (χ2v) is 6.70. The average Bonchev–Trinajstić information content (AvgIpc) is 3.30. The van der Waals surface area contributed by atoms with Gasteiger partial charge in [0, 0.05) is 25.9 Å². The molecule has 1 fully saturated rings. The molecule has 1 amide bonds. The minimum absolute atomic E-state index is 0.0815. The van der Waals surface area contributed by atoms with Gasteiger partial charge >= 0.3 is 6.09 Å². The number of carbonyl (C=O) groups is 1. The molecule has 2 heterocycles. The predicted molar refractivity (Wildman–Crippen MR) is 95.5 cm³/mol. The third-order valence-electron chi connectivity index (χ3n) is 4.94. The lowest BCUT2D eigenvalue weighted by molar-refractivity contribution is 0.0917. The van der Waals surface area contributed by atoms with E-state index in [0.29, 0.717) is 23.6 Å². The van der Waals surface area contributed by atoms with Crippen molar-refractivity contribution in [2.24, 2.45) is 0 Å². The molecule has 3 rings (SSSR count). The molecule has 0 atom stereocenters. The predicted octanol–water partition coefficient (Wildman–Crippen LogP) is 3.09. The molecule has 7 heteroatoms. The van der Waals surface area contributed by atoms with Crippen molar-refractivity contribution < 1.29 is 19.2 Å². The smallest absolute Gasteiger partial charge is 0.410 e. The molecule has 26 heavy (non-hydrogen) atoms. The molecular formula is C19H25N3O4. The summed E-state index contributed by atoms with van der Waals surface area (Å²) in [5.74, 6) is 0.509. The van der Waals surface area contributed by atoms with Crippen molar-refractivity contribution in [2.75, 3.05) is 13.7 Å². The third-order valence-corrected chi connectivity index (χ3v) is 4.94. The Labute approximate surface area is 153 Å². The van der Waals surface area contributed by atoms with E-state index < -0.39 is 0 Å². The van der Waals surface area contributed by atoms with Crippen LogP contribution in [0.3, 0.4) is 0 Å². The summed E-state index contributed by atoms with van der Waals surface area (Å²) in [4.78, 5) is 18.4. The number of aromatic nitrogens is 2. The van der Waals surface area contributed by atoms with Crippen LogP contribution < -0.4 is 0 Å². The highest BCUT2D eigenvalue weighted by atomic mass is 16.6. The van der Waals surface area contributed by atoms with Crippen LogP contribution in [-0.2, 0) is 17.8 Å². The molecule has 1 N–H and O–H groups in total. The Morgan fingerprint density at radius 2 is 2.15 bits per heavy atom. The molecule has 2 aromatic rings.